The zero-order valence-electron chi connectivity index (χ0n) is 13.9. The molecule has 3 nitrogen and oxygen atoms in total. The third kappa shape index (κ3) is 3.08. The molecule has 4 aromatic rings. The van der Waals surface area contributed by atoms with E-state index < -0.39 is 0 Å². The minimum atomic E-state index is -0.0812. The number of benzene rings is 2. The Balaban J connectivity index is 1.66. The van der Waals surface area contributed by atoms with Crippen molar-refractivity contribution in [2.75, 3.05) is 5.32 Å². The summed E-state index contributed by atoms with van der Waals surface area (Å²) in [6.07, 6.45) is 0. The molecule has 0 bridgehead atoms. The van der Waals surface area contributed by atoms with Gasteiger partial charge in [0.15, 0.2) is 0 Å². The smallest absolute Gasteiger partial charge is 0.256 e. The maximum Gasteiger partial charge on any atom is 0.256 e. The van der Waals surface area contributed by atoms with Gasteiger partial charge in [0, 0.05) is 11.1 Å². The number of nitrogens with zero attached hydrogens (tertiary/aromatic N) is 1. The topological polar surface area (TPSA) is 42.0 Å². The van der Waals surface area contributed by atoms with Crippen LogP contribution in [0, 0.1) is 13.8 Å². The Bertz CT molecular complexity index is 1050. The van der Waals surface area contributed by atoms with Crippen LogP contribution in [0.2, 0.25) is 0 Å². The van der Waals surface area contributed by atoms with E-state index in [0.29, 0.717) is 5.56 Å². The Morgan fingerprint density at radius 2 is 1.92 bits per heavy atom. The van der Waals surface area contributed by atoms with E-state index >= 15 is 0 Å². The molecule has 0 radical (unpaired) electrons. The second-order valence-electron chi connectivity index (χ2n) is 5.92. The van der Waals surface area contributed by atoms with Gasteiger partial charge in [0.2, 0.25) is 0 Å². The first kappa shape index (κ1) is 16.0. The molecule has 2 heterocycles. The van der Waals surface area contributed by atoms with Crippen LogP contribution in [0.5, 0.6) is 0 Å². The fraction of sp³-hybridized carbons (Fsp3) is 0.100. The van der Waals surface area contributed by atoms with Crippen molar-refractivity contribution in [3.05, 3.63) is 70.6 Å². The van der Waals surface area contributed by atoms with E-state index in [1.807, 2.05) is 61.7 Å². The molecule has 0 atom stereocenters. The predicted octanol–water partition coefficient (Wildman–Crippen LogP) is 5.89. The number of carbonyl (C=O) groups is 1. The zero-order valence-corrected chi connectivity index (χ0v) is 15.5. The zero-order chi connectivity index (χ0) is 17.4. The lowest BCUT2D eigenvalue weighted by atomic mass is 10.1. The molecule has 5 heteroatoms. The highest BCUT2D eigenvalue weighted by molar-refractivity contribution is 7.22. The van der Waals surface area contributed by atoms with Crippen molar-refractivity contribution in [1.82, 2.24) is 4.98 Å². The number of thiophene rings is 1. The van der Waals surface area contributed by atoms with Crippen molar-refractivity contribution >= 4 is 43.8 Å². The van der Waals surface area contributed by atoms with Crippen molar-refractivity contribution in [3.63, 3.8) is 0 Å². The van der Waals surface area contributed by atoms with E-state index in [4.69, 9.17) is 4.98 Å². The monoisotopic (exact) mass is 364 g/mol. The average Bonchev–Trinajstić information content (AvgIpc) is 3.20. The van der Waals surface area contributed by atoms with Crippen LogP contribution in [0.25, 0.3) is 20.8 Å². The second kappa shape index (κ2) is 6.43. The Hall–Kier alpha value is -2.50. The molecule has 1 amide bonds. The fourth-order valence-electron chi connectivity index (χ4n) is 2.80. The summed E-state index contributed by atoms with van der Waals surface area (Å²) < 4.78 is 1.15. The van der Waals surface area contributed by atoms with Gasteiger partial charge in [-0.1, -0.05) is 29.8 Å². The summed E-state index contributed by atoms with van der Waals surface area (Å²) >= 11 is 3.16. The number of fused-ring (bicyclic) bond motifs is 1. The number of aromatic nitrogens is 1. The Morgan fingerprint density at radius 3 is 2.72 bits per heavy atom. The quantitative estimate of drug-likeness (QED) is 0.492. The number of anilines is 1. The van der Waals surface area contributed by atoms with Crippen LogP contribution in [0.15, 0.2) is 53.9 Å². The molecule has 0 aliphatic rings. The number of para-hydroxylation sites is 1. The number of rotatable bonds is 3. The number of hydrogen-bond donors (Lipinski definition) is 1. The molecule has 124 valence electrons. The average molecular weight is 364 g/mol. The molecule has 0 saturated heterocycles. The summed E-state index contributed by atoms with van der Waals surface area (Å²) in [4.78, 5) is 17.4. The highest BCUT2D eigenvalue weighted by Gasteiger charge is 2.16. The maximum atomic E-state index is 12.7. The summed E-state index contributed by atoms with van der Waals surface area (Å²) in [5, 5.41) is 6.81. The predicted molar refractivity (Wildman–Crippen MR) is 107 cm³/mol. The highest BCUT2D eigenvalue weighted by atomic mass is 32.1. The molecular weight excluding hydrogens is 348 g/mol. The lowest BCUT2D eigenvalue weighted by Crippen LogP contribution is -2.13. The van der Waals surface area contributed by atoms with Gasteiger partial charge in [0.1, 0.15) is 10.0 Å². The van der Waals surface area contributed by atoms with Crippen LogP contribution in [0.3, 0.4) is 0 Å². The van der Waals surface area contributed by atoms with Crippen molar-refractivity contribution < 1.29 is 4.79 Å². The molecule has 0 unspecified atom stereocenters. The number of nitrogens with one attached hydrogen (secondary N) is 1. The minimum absolute atomic E-state index is 0.0812. The highest BCUT2D eigenvalue weighted by Crippen LogP contribution is 2.37. The molecule has 2 aromatic carbocycles. The van der Waals surface area contributed by atoms with Crippen molar-refractivity contribution in [2.24, 2.45) is 0 Å². The number of aryl methyl sites for hydroxylation is 2. The fourth-order valence-corrected chi connectivity index (χ4v) is 4.65. The van der Waals surface area contributed by atoms with Gasteiger partial charge in [-0.25, -0.2) is 4.98 Å². The van der Waals surface area contributed by atoms with Crippen molar-refractivity contribution in [1.29, 1.82) is 0 Å². The van der Waals surface area contributed by atoms with Crippen LogP contribution in [-0.2, 0) is 0 Å². The van der Waals surface area contributed by atoms with Crippen LogP contribution in [0.4, 0.5) is 5.00 Å². The van der Waals surface area contributed by atoms with Gasteiger partial charge in [-0.2, -0.15) is 0 Å². The standard InChI is InChI=1S/C20H16N2OS2/c1-12-7-8-14(13(2)11-12)18(23)22-19-15(9-10-24-19)20-21-16-5-3-4-6-17(16)25-20/h3-11H,1-2H3,(H,22,23). The normalized spacial score (nSPS) is 11.0. The lowest BCUT2D eigenvalue weighted by Gasteiger charge is -2.08. The van der Waals surface area contributed by atoms with Crippen LogP contribution >= 0.6 is 22.7 Å². The first-order valence-electron chi connectivity index (χ1n) is 7.94. The Labute approximate surface area is 154 Å². The second-order valence-corrected chi connectivity index (χ2v) is 7.87. The van der Waals surface area contributed by atoms with Gasteiger partial charge < -0.3 is 5.32 Å². The summed E-state index contributed by atoms with van der Waals surface area (Å²) in [7, 11) is 0. The summed E-state index contributed by atoms with van der Waals surface area (Å²) in [6, 6.07) is 16.0. The van der Waals surface area contributed by atoms with Gasteiger partial charge in [0.05, 0.1) is 10.2 Å². The maximum absolute atomic E-state index is 12.7. The van der Waals surface area contributed by atoms with Crippen LogP contribution in [0.1, 0.15) is 21.5 Å². The first-order valence-corrected chi connectivity index (χ1v) is 9.63. The molecular formula is C20H16N2OS2. The van der Waals surface area contributed by atoms with E-state index in [-0.39, 0.29) is 5.91 Å². The molecule has 25 heavy (non-hydrogen) atoms. The van der Waals surface area contributed by atoms with Crippen molar-refractivity contribution in [3.8, 4) is 10.6 Å². The SMILES string of the molecule is Cc1ccc(C(=O)Nc2sccc2-c2nc3ccccc3s2)c(C)c1. The summed E-state index contributed by atoms with van der Waals surface area (Å²) in [5.41, 5.74) is 4.80. The summed E-state index contributed by atoms with van der Waals surface area (Å²) in [5.74, 6) is -0.0812. The van der Waals surface area contributed by atoms with E-state index in [9.17, 15) is 4.79 Å². The summed E-state index contributed by atoms with van der Waals surface area (Å²) in [6.45, 7) is 3.99. The number of amides is 1. The van der Waals surface area contributed by atoms with Gasteiger partial charge in [-0.3, -0.25) is 4.79 Å². The van der Waals surface area contributed by atoms with E-state index in [0.717, 1.165) is 36.9 Å². The third-order valence-corrected chi connectivity index (χ3v) is 5.94. The molecule has 4 rings (SSSR count). The largest absolute Gasteiger partial charge is 0.313 e. The van der Waals surface area contributed by atoms with Gasteiger partial charge in [-0.05, 0) is 49.1 Å². The van der Waals surface area contributed by atoms with Gasteiger partial charge in [-0.15, -0.1) is 22.7 Å². The molecule has 0 saturated carbocycles. The molecule has 0 fully saturated rings. The molecule has 0 spiro atoms. The third-order valence-electron chi connectivity index (χ3n) is 4.04. The van der Waals surface area contributed by atoms with E-state index in [2.05, 4.69) is 11.4 Å². The Kier molecular flexibility index (Phi) is 4.11. The van der Waals surface area contributed by atoms with Crippen LogP contribution < -0.4 is 5.32 Å². The molecule has 0 aliphatic heterocycles. The number of thiazole rings is 1. The molecule has 1 N–H and O–H groups in total. The van der Waals surface area contributed by atoms with E-state index in [1.165, 1.54) is 11.3 Å². The van der Waals surface area contributed by atoms with Crippen molar-refractivity contribution in [2.45, 2.75) is 13.8 Å². The molecule has 2 aromatic heterocycles. The molecule has 0 aliphatic carbocycles. The van der Waals surface area contributed by atoms with Gasteiger partial charge in [0.25, 0.3) is 5.91 Å². The minimum Gasteiger partial charge on any atom is -0.313 e. The lowest BCUT2D eigenvalue weighted by molar-refractivity contribution is 0.102. The number of carbonyl (C=O) groups excluding carboxylic acids is 1. The van der Waals surface area contributed by atoms with E-state index in [1.54, 1.807) is 11.3 Å². The first-order chi connectivity index (χ1) is 12.1. The van der Waals surface area contributed by atoms with Crippen LogP contribution in [-0.4, -0.2) is 10.9 Å². The number of hydrogen-bond acceptors (Lipinski definition) is 4. The Morgan fingerprint density at radius 1 is 1.08 bits per heavy atom. The van der Waals surface area contributed by atoms with Gasteiger partial charge >= 0.3 is 0 Å².